The van der Waals surface area contributed by atoms with Crippen LogP contribution in [0.25, 0.3) is 11.1 Å². The summed E-state index contributed by atoms with van der Waals surface area (Å²) in [5.74, 6) is -0.0202. The molecule has 21 heavy (non-hydrogen) atoms. The van der Waals surface area contributed by atoms with Crippen LogP contribution in [0.5, 0.6) is 5.75 Å². The summed E-state index contributed by atoms with van der Waals surface area (Å²) in [5, 5.41) is 8.37. The fourth-order valence-corrected chi connectivity index (χ4v) is 1.89. The average molecular weight is 289 g/mol. The van der Waals surface area contributed by atoms with E-state index < -0.39 is 5.91 Å². The molecule has 0 bridgehead atoms. The molecule has 0 aliphatic rings. The number of hydrogen-bond acceptors (Lipinski definition) is 3. The first-order valence-electron chi connectivity index (χ1n) is 6.61. The van der Waals surface area contributed by atoms with E-state index in [2.05, 4.69) is 0 Å². The number of nitrogens with one attached hydrogen (secondary N) is 1. The lowest BCUT2D eigenvalue weighted by atomic mass is 10.1. The highest BCUT2D eigenvalue weighted by Gasteiger charge is 2.02. The van der Waals surface area contributed by atoms with Gasteiger partial charge in [-0.1, -0.05) is 24.3 Å². The van der Waals surface area contributed by atoms with E-state index in [4.69, 9.17) is 9.94 Å². The Kier molecular flexibility index (Phi) is 5.29. The van der Waals surface area contributed by atoms with E-state index in [0.717, 1.165) is 11.1 Å². The molecule has 0 aliphatic heterocycles. The number of ether oxygens (including phenoxy) is 1. The third-order valence-electron chi connectivity index (χ3n) is 2.95. The summed E-state index contributed by atoms with van der Waals surface area (Å²) in [6.45, 7) is 0.375. The van der Waals surface area contributed by atoms with Crippen molar-refractivity contribution in [3.05, 3.63) is 54.3 Å². The fourth-order valence-electron chi connectivity index (χ4n) is 1.89. The lowest BCUT2D eigenvalue weighted by Crippen LogP contribution is -2.18. The van der Waals surface area contributed by atoms with Gasteiger partial charge < -0.3 is 4.74 Å². The van der Waals surface area contributed by atoms with Crippen LogP contribution in [-0.2, 0) is 4.79 Å². The van der Waals surface area contributed by atoms with E-state index >= 15 is 0 Å². The monoisotopic (exact) mass is 289 g/mol. The number of amides is 1. The molecule has 0 aromatic heterocycles. The number of halogens is 1. The number of hydroxylamine groups is 1. The molecule has 0 saturated carbocycles. The van der Waals surface area contributed by atoms with E-state index in [1.165, 1.54) is 12.1 Å². The van der Waals surface area contributed by atoms with Crippen molar-refractivity contribution in [3.8, 4) is 16.9 Å². The Balaban J connectivity index is 1.95. The fraction of sp³-hybridized carbons (Fsp3) is 0.188. The summed E-state index contributed by atoms with van der Waals surface area (Å²) in [6.07, 6.45) is 0.710. The van der Waals surface area contributed by atoms with Gasteiger partial charge in [0.15, 0.2) is 0 Å². The van der Waals surface area contributed by atoms with Crippen LogP contribution < -0.4 is 10.2 Å². The third-order valence-corrected chi connectivity index (χ3v) is 2.95. The van der Waals surface area contributed by atoms with E-state index in [-0.39, 0.29) is 12.2 Å². The molecule has 2 rings (SSSR count). The van der Waals surface area contributed by atoms with Crippen molar-refractivity contribution < 1.29 is 19.1 Å². The molecular formula is C16H16FNO3. The lowest BCUT2D eigenvalue weighted by Gasteiger charge is -2.08. The highest BCUT2D eigenvalue weighted by molar-refractivity contribution is 5.74. The van der Waals surface area contributed by atoms with Gasteiger partial charge in [0.25, 0.3) is 0 Å². The largest absolute Gasteiger partial charge is 0.494 e. The Morgan fingerprint density at radius 2 is 1.90 bits per heavy atom. The molecule has 0 atom stereocenters. The van der Waals surface area contributed by atoms with Crippen LogP contribution in [0.2, 0.25) is 0 Å². The molecule has 5 heteroatoms. The van der Waals surface area contributed by atoms with Crippen LogP contribution in [0.4, 0.5) is 4.39 Å². The number of carbonyl (C=O) groups excluding carboxylic acids is 1. The van der Waals surface area contributed by atoms with Gasteiger partial charge in [0.2, 0.25) is 5.91 Å². The molecule has 2 N–H and O–H groups in total. The molecular weight excluding hydrogens is 273 g/mol. The van der Waals surface area contributed by atoms with Crippen molar-refractivity contribution in [1.82, 2.24) is 5.48 Å². The third kappa shape index (κ3) is 4.57. The first kappa shape index (κ1) is 15.0. The van der Waals surface area contributed by atoms with Crippen molar-refractivity contribution in [1.29, 1.82) is 0 Å². The van der Waals surface area contributed by atoms with Crippen molar-refractivity contribution in [3.63, 3.8) is 0 Å². The first-order valence-corrected chi connectivity index (χ1v) is 6.61. The molecule has 0 saturated heterocycles. The minimum Gasteiger partial charge on any atom is -0.494 e. The first-order chi connectivity index (χ1) is 10.2. The maximum Gasteiger partial charge on any atom is 0.243 e. The van der Waals surface area contributed by atoms with Gasteiger partial charge >= 0.3 is 0 Å². The molecule has 2 aromatic rings. The number of carbonyl (C=O) groups is 1. The number of hydrogen-bond donors (Lipinski definition) is 2. The SMILES string of the molecule is O=C(CCCOc1cccc(-c2ccc(F)cc2)c1)NO. The summed E-state index contributed by atoms with van der Waals surface area (Å²) in [6, 6.07) is 13.7. The van der Waals surface area contributed by atoms with E-state index in [1.54, 1.807) is 17.6 Å². The van der Waals surface area contributed by atoms with Gasteiger partial charge in [0.05, 0.1) is 6.61 Å². The Morgan fingerprint density at radius 1 is 1.14 bits per heavy atom. The second kappa shape index (κ2) is 7.40. The molecule has 4 nitrogen and oxygen atoms in total. The van der Waals surface area contributed by atoms with E-state index in [0.29, 0.717) is 18.8 Å². The molecule has 0 radical (unpaired) electrons. The number of benzene rings is 2. The van der Waals surface area contributed by atoms with Gasteiger partial charge in [-0.3, -0.25) is 10.0 Å². The second-order valence-electron chi connectivity index (χ2n) is 4.52. The molecule has 0 unspecified atom stereocenters. The van der Waals surface area contributed by atoms with Crippen molar-refractivity contribution in [2.24, 2.45) is 0 Å². The molecule has 1 amide bonds. The molecule has 0 aliphatic carbocycles. The van der Waals surface area contributed by atoms with Crippen molar-refractivity contribution in [2.75, 3.05) is 6.61 Å². The molecule has 0 spiro atoms. The van der Waals surface area contributed by atoms with Crippen LogP contribution in [0.3, 0.4) is 0 Å². The maximum atomic E-state index is 12.9. The Hall–Kier alpha value is -2.40. The highest BCUT2D eigenvalue weighted by atomic mass is 19.1. The lowest BCUT2D eigenvalue weighted by molar-refractivity contribution is -0.129. The standard InChI is InChI=1S/C16H16FNO3/c17-14-8-6-12(7-9-14)13-3-1-4-15(11-13)21-10-2-5-16(19)18-20/h1,3-4,6-9,11,20H,2,5,10H2,(H,18,19). The predicted octanol–water partition coefficient (Wildman–Crippen LogP) is 3.16. The average Bonchev–Trinajstić information content (AvgIpc) is 2.52. The van der Waals surface area contributed by atoms with Gasteiger partial charge in [0.1, 0.15) is 11.6 Å². The Labute approximate surface area is 122 Å². The Bertz CT molecular complexity index is 599. The van der Waals surface area contributed by atoms with Crippen molar-refractivity contribution in [2.45, 2.75) is 12.8 Å². The van der Waals surface area contributed by atoms with Crippen LogP contribution >= 0.6 is 0 Å². The summed E-state index contributed by atoms with van der Waals surface area (Å²) in [7, 11) is 0. The van der Waals surface area contributed by atoms with Crippen LogP contribution in [0, 0.1) is 5.82 Å². The van der Waals surface area contributed by atoms with Gasteiger partial charge in [0, 0.05) is 6.42 Å². The molecule has 110 valence electrons. The minimum atomic E-state index is -0.432. The zero-order valence-corrected chi connectivity index (χ0v) is 11.4. The van der Waals surface area contributed by atoms with Crippen LogP contribution in [0.1, 0.15) is 12.8 Å². The second-order valence-corrected chi connectivity index (χ2v) is 4.52. The van der Waals surface area contributed by atoms with Gasteiger partial charge in [-0.25, -0.2) is 9.87 Å². The van der Waals surface area contributed by atoms with Crippen LogP contribution in [-0.4, -0.2) is 17.7 Å². The quantitative estimate of drug-likeness (QED) is 0.488. The minimum absolute atomic E-state index is 0.203. The summed E-state index contributed by atoms with van der Waals surface area (Å²) in [4.78, 5) is 10.8. The summed E-state index contributed by atoms with van der Waals surface area (Å²) in [5.41, 5.74) is 3.41. The summed E-state index contributed by atoms with van der Waals surface area (Å²) < 4.78 is 18.5. The van der Waals surface area contributed by atoms with Gasteiger partial charge in [-0.05, 0) is 41.8 Å². The van der Waals surface area contributed by atoms with Crippen molar-refractivity contribution >= 4 is 5.91 Å². The zero-order valence-electron chi connectivity index (χ0n) is 11.4. The molecule has 0 fully saturated rings. The van der Waals surface area contributed by atoms with Gasteiger partial charge in [-0.2, -0.15) is 0 Å². The Morgan fingerprint density at radius 3 is 2.62 bits per heavy atom. The maximum absolute atomic E-state index is 12.9. The summed E-state index contributed by atoms with van der Waals surface area (Å²) >= 11 is 0. The predicted molar refractivity (Wildman–Crippen MR) is 76.5 cm³/mol. The normalized spacial score (nSPS) is 10.2. The highest BCUT2D eigenvalue weighted by Crippen LogP contribution is 2.24. The van der Waals surface area contributed by atoms with E-state index in [9.17, 15) is 9.18 Å². The van der Waals surface area contributed by atoms with Crippen LogP contribution in [0.15, 0.2) is 48.5 Å². The molecule has 2 aromatic carbocycles. The number of rotatable bonds is 6. The smallest absolute Gasteiger partial charge is 0.243 e. The van der Waals surface area contributed by atoms with Gasteiger partial charge in [-0.15, -0.1) is 0 Å². The zero-order chi connectivity index (χ0) is 15.1. The molecule has 0 heterocycles. The topological polar surface area (TPSA) is 58.6 Å². The van der Waals surface area contributed by atoms with E-state index in [1.807, 2.05) is 24.3 Å².